The van der Waals surface area contributed by atoms with Crippen LogP contribution in [-0.4, -0.2) is 40.8 Å². The lowest BCUT2D eigenvalue weighted by Crippen LogP contribution is -2.67. The second kappa shape index (κ2) is 9.82. The molecule has 0 spiro atoms. The van der Waals surface area contributed by atoms with Crippen molar-refractivity contribution in [1.82, 2.24) is 4.98 Å². The van der Waals surface area contributed by atoms with Gasteiger partial charge >= 0.3 is 12.4 Å². The predicted octanol–water partition coefficient (Wildman–Crippen LogP) is 6.93. The van der Waals surface area contributed by atoms with E-state index in [1.807, 2.05) is 6.08 Å². The Morgan fingerprint density at radius 1 is 1.08 bits per heavy atom. The molecule has 3 aliphatic rings. The summed E-state index contributed by atoms with van der Waals surface area (Å²) in [5.41, 5.74) is -1.47. The molecule has 4 heterocycles. The van der Waals surface area contributed by atoms with Gasteiger partial charge in [-0.1, -0.05) is 6.08 Å². The van der Waals surface area contributed by atoms with Crippen LogP contribution in [0.15, 0.2) is 61.3 Å². The van der Waals surface area contributed by atoms with E-state index < -0.39 is 35.6 Å². The Kier molecular flexibility index (Phi) is 6.91. The van der Waals surface area contributed by atoms with E-state index >= 15 is 0 Å². The molecule has 208 valence electrons. The number of halogens is 6. The van der Waals surface area contributed by atoms with Gasteiger partial charge in [0, 0.05) is 35.9 Å². The molecule has 2 bridgehead atoms. The largest absolute Gasteiger partial charge is 0.497 e. The minimum Gasteiger partial charge on any atom is -0.497 e. The molecule has 10 heteroatoms. The van der Waals surface area contributed by atoms with Crippen molar-refractivity contribution in [3.63, 3.8) is 0 Å². The lowest BCUT2D eigenvalue weighted by molar-refractivity contribution is -0.984. The van der Waals surface area contributed by atoms with Crippen LogP contribution in [0.2, 0.25) is 0 Å². The number of alkyl halides is 6. The quantitative estimate of drug-likeness (QED) is 0.205. The van der Waals surface area contributed by atoms with Gasteiger partial charge in [0.1, 0.15) is 24.4 Å². The van der Waals surface area contributed by atoms with Crippen molar-refractivity contribution in [3.8, 4) is 5.75 Å². The Balaban J connectivity index is 1.60. The van der Waals surface area contributed by atoms with E-state index in [0.717, 1.165) is 18.6 Å². The van der Waals surface area contributed by atoms with Crippen LogP contribution in [0.3, 0.4) is 0 Å². The third-order valence-electron chi connectivity index (χ3n) is 8.49. The van der Waals surface area contributed by atoms with E-state index in [2.05, 4.69) is 11.6 Å². The van der Waals surface area contributed by atoms with Crippen molar-refractivity contribution in [1.29, 1.82) is 0 Å². The Morgan fingerprint density at radius 3 is 2.38 bits per heavy atom. The highest BCUT2D eigenvalue weighted by Crippen LogP contribution is 2.48. The molecule has 0 radical (unpaired) electrons. The minimum atomic E-state index is -4.93. The summed E-state index contributed by atoms with van der Waals surface area (Å²) in [5, 5.41) is 12.5. The number of aromatic nitrogens is 1. The highest BCUT2D eigenvalue weighted by atomic mass is 19.4. The maximum Gasteiger partial charge on any atom is 0.416 e. The van der Waals surface area contributed by atoms with Gasteiger partial charge in [-0.2, -0.15) is 26.3 Å². The molecule has 1 N–H and O–H groups in total. The Hall–Kier alpha value is -3.11. The van der Waals surface area contributed by atoms with Crippen LogP contribution < -0.4 is 4.74 Å². The minimum absolute atomic E-state index is 0.0457. The molecular weight excluding hydrogens is 522 g/mol. The van der Waals surface area contributed by atoms with E-state index in [9.17, 15) is 31.4 Å². The smallest absolute Gasteiger partial charge is 0.416 e. The van der Waals surface area contributed by atoms with E-state index in [-0.39, 0.29) is 34.5 Å². The number of rotatable bonds is 6. The highest BCUT2D eigenvalue weighted by Gasteiger charge is 2.54. The van der Waals surface area contributed by atoms with Crippen molar-refractivity contribution in [3.05, 3.63) is 83.6 Å². The molecule has 1 aromatic heterocycles. The number of pyridine rings is 1. The molecule has 3 fully saturated rings. The van der Waals surface area contributed by atoms with E-state index in [0.29, 0.717) is 41.7 Å². The van der Waals surface area contributed by atoms with Gasteiger partial charge in [-0.25, -0.2) is 0 Å². The lowest BCUT2D eigenvalue weighted by atomic mass is 9.71. The summed E-state index contributed by atoms with van der Waals surface area (Å²) in [6, 6.07) is 8.34. The zero-order valence-corrected chi connectivity index (χ0v) is 21.3. The van der Waals surface area contributed by atoms with Gasteiger partial charge in [-0.3, -0.25) is 4.98 Å². The second-order valence-corrected chi connectivity index (χ2v) is 10.7. The molecular formula is C29H29F6N2O2+. The predicted molar refractivity (Wildman–Crippen MR) is 134 cm³/mol. The number of aliphatic hydroxyl groups is 1. The number of ether oxygens (including phenoxy) is 1. The zero-order valence-electron chi connectivity index (χ0n) is 21.3. The molecule has 6 rings (SSSR count). The van der Waals surface area contributed by atoms with Gasteiger partial charge in [0.2, 0.25) is 0 Å². The number of quaternary nitrogens is 1. The third kappa shape index (κ3) is 5.12. The molecule has 3 aliphatic heterocycles. The van der Waals surface area contributed by atoms with Crippen LogP contribution in [0, 0.1) is 11.8 Å². The summed E-state index contributed by atoms with van der Waals surface area (Å²) in [7, 11) is 1.53. The van der Waals surface area contributed by atoms with Gasteiger partial charge in [0.25, 0.3) is 0 Å². The SMILES string of the molecule is C=C[C@H]1C[N@+]2(Cc3cc(C(F)(F)F)cc(C(F)(F)F)c3)CC[C@H]1C[C@H]2C(O)c1ccnc2ccc(OC)cc12. The lowest BCUT2D eigenvalue weighted by Gasteiger charge is -2.58. The van der Waals surface area contributed by atoms with Crippen molar-refractivity contribution in [2.75, 3.05) is 20.2 Å². The standard InChI is InChI=1S/C29H29F6N2O2/c1-3-18-16-37(15-17-10-20(28(30,31)32)13-21(11-17)29(33,34)35)9-7-19(18)12-26(37)27(38)23-6-8-36-25-5-4-22(39-2)14-24(23)25/h3-6,8,10-11,13-14,18-19,26-27,38H,1,7,9,12,15-16H2,2H3/q+1/t18-,19-,26-,27?,37+/m0/s1. The van der Waals surface area contributed by atoms with E-state index in [4.69, 9.17) is 4.74 Å². The van der Waals surface area contributed by atoms with Crippen molar-refractivity contribution < 1.29 is 40.7 Å². The molecule has 3 aromatic rings. The molecule has 2 aromatic carbocycles. The monoisotopic (exact) mass is 551 g/mol. The molecule has 39 heavy (non-hydrogen) atoms. The van der Waals surface area contributed by atoms with Crippen LogP contribution in [0.5, 0.6) is 5.75 Å². The van der Waals surface area contributed by atoms with Crippen molar-refractivity contribution in [2.24, 2.45) is 11.8 Å². The molecule has 1 unspecified atom stereocenters. The van der Waals surface area contributed by atoms with Crippen molar-refractivity contribution >= 4 is 10.9 Å². The van der Waals surface area contributed by atoms with Crippen LogP contribution in [0.4, 0.5) is 26.3 Å². The molecule has 4 nitrogen and oxygen atoms in total. The summed E-state index contributed by atoms with van der Waals surface area (Å²) >= 11 is 0. The molecule has 5 atom stereocenters. The summed E-state index contributed by atoms with van der Waals surface area (Å²) in [6.07, 6.45) is -6.16. The first kappa shape index (κ1) is 27.5. The molecule has 0 amide bonds. The maximum atomic E-state index is 13.6. The Bertz CT molecular complexity index is 1360. The van der Waals surface area contributed by atoms with Crippen molar-refractivity contribution in [2.45, 2.75) is 43.9 Å². The zero-order chi connectivity index (χ0) is 28.2. The number of benzene rings is 2. The number of hydrogen-bond acceptors (Lipinski definition) is 3. The van der Waals surface area contributed by atoms with Gasteiger partial charge in [-0.15, -0.1) is 6.58 Å². The average molecular weight is 552 g/mol. The number of hydrogen-bond donors (Lipinski definition) is 1. The Labute approximate surface area is 222 Å². The number of methoxy groups -OCH3 is 1. The number of nitrogens with zero attached hydrogens (tertiary/aromatic N) is 2. The Morgan fingerprint density at radius 2 is 1.77 bits per heavy atom. The molecule has 3 saturated heterocycles. The van der Waals surface area contributed by atoms with Crippen LogP contribution >= 0.6 is 0 Å². The second-order valence-electron chi connectivity index (χ2n) is 10.7. The van der Waals surface area contributed by atoms with Gasteiger partial charge in [0.15, 0.2) is 0 Å². The average Bonchev–Trinajstić information content (AvgIpc) is 2.90. The van der Waals surface area contributed by atoms with Gasteiger partial charge in [-0.05, 0) is 53.9 Å². The van der Waals surface area contributed by atoms with Crippen LogP contribution in [0.25, 0.3) is 10.9 Å². The van der Waals surface area contributed by atoms with E-state index in [1.54, 1.807) is 30.5 Å². The molecule has 0 aliphatic carbocycles. The first-order valence-corrected chi connectivity index (χ1v) is 12.7. The fraction of sp³-hybridized carbons (Fsp3) is 0.414. The first-order chi connectivity index (χ1) is 18.3. The summed E-state index contributed by atoms with van der Waals surface area (Å²) in [5.74, 6) is 0.843. The van der Waals surface area contributed by atoms with Gasteiger partial charge < -0.3 is 14.3 Å². The number of aliphatic hydroxyl groups excluding tert-OH is 1. The fourth-order valence-electron chi connectivity index (χ4n) is 6.59. The summed E-state index contributed by atoms with van der Waals surface area (Å²) < 4.78 is 87.2. The van der Waals surface area contributed by atoms with E-state index in [1.165, 1.54) is 7.11 Å². The summed E-state index contributed by atoms with van der Waals surface area (Å²) in [6.45, 7) is 4.86. The molecule has 0 saturated carbocycles. The number of piperidine rings is 3. The third-order valence-corrected chi connectivity index (χ3v) is 8.49. The van der Waals surface area contributed by atoms with Crippen LogP contribution in [0.1, 0.15) is 41.2 Å². The normalized spacial score (nSPS) is 26.0. The summed E-state index contributed by atoms with van der Waals surface area (Å²) in [4.78, 5) is 4.37. The first-order valence-electron chi connectivity index (χ1n) is 12.7. The van der Waals surface area contributed by atoms with Crippen LogP contribution in [-0.2, 0) is 18.9 Å². The van der Waals surface area contributed by atoms with Gasteiger partial charge in [0.05, 0.1) is 36.8 Å². The highest BCUT2D eigenvalue weighted by molar-refractivity contribution is 5.83. The topological polar surface area (TPSA) is 42.4 Å². The number of fused-ring (bicyclic) bond motifs is 4. The maximum absolute atomic E-state index is 13.6. The fourth-order valence-corrected chi connectivity index (χ4v) is 6.59.